The summed E-state index contributed by atoms with van der Waals surface area (Å²) in [5.74, 6) is 2.22. The summed E-state index contributed by atoms with van der Waals surface area (Å²) in [6, 6.07) is 15.5. The van der Waals surface area contributed by atoms with Gasteiger partial charge in [-0.3, -0.25) is 4.57 Å². The molecule has 4 aromatic rings. The van der Waals surface area contributed by atoms with E-state index in [4.69, 9.17) is 16.3 Å². The fourth-order valence-corrected chi connectivity index (χ4v) is 4.54. The Morgan fingerprint density at radius 2 is 1.89 bits per heavy atom. The molecule has 0 atom stereocenters. The zero-order valence-electron chi connectivity index (χ0n) is 15.3. The van der Waals surface area contributed by atoms with Crippen molar-refractivity contribution in [3.63, 3.8) is 0 Å². The van der Waals surface area contributed by atoms with Crippen molar-refractivity contribution in [3.05, 3.63) is 69.6 Å². The third-order valence-electron chi connectivity index (χ3n) is 4.09. The molecule has 0 N–H and O–H groups in total. The van der Waals surface area contributed by atoms with Crippen LogP contribution in [-0.2, 0) is 5.75 Å². The maximum Gasteiger partial charge on any atom is 0.196 e. The molecule has 2 aromatic carbocycles. The number of aromatic nitrogens is 4. The Morgan fingerprint density at radius 1 is 1.11 bits per heavy atom. The smallest absolute Gasteiger partial charge is 0.196 e. The Morgan fingerprint density at radius 3 is 2.57 bits per heavy atom. The van der Waals surface area contributed by atoms with Crippen LogP contribution in [0.2, 0.25) is 5.02 Å². The lowest BCUT2D eigenvalue weighted by Crippen LogP contribution is -2.00. The van der Waals surface area contributed by atoms with Gasteiger partial charge in [0.1, 0.15) is 5.75 Å². The molecule has 0 aliphatic rings. The van der Waals surface area contributed by atoms with Gasteiger partial charge in [-0.2, -0.15) is 0 Å². The normalized spacial score (nSPS) is 11.0. The number of halogens is 1. The standard InChI is InChI=1S/C20H17ClN4OS2/c1-13-22-14(11-27-13)12-28-20-24-23-19(17-5-3-4-6-18(17)21)25(20)15-7-9-16(26-2)10-8-15/h3-11H,12H2,1-2H3. The maximum atomic E-state index is 6.43. The van der Waals surface area contributed by atoms with Crippen molar-refractivity contribution < 1.29 is 4.74 Å². The predicted molar refractivity (Wildman–Crippen MR) is 115 cm³/mol. The number of hydrogen-bond acceptors (Lipinski definition) is 6. The summed E-state index contributed by atoms with van der Waals surface area (Å²) in [6.45, 7) is 2.01. The fraction of sp³-hybridized carbons (Fsp3) is 0.150. The molecule has 142 valence electrons. The number of thioether (sulfide) groups is 1. The molecule has 0 fully saturated rings. The van der Waals surface area contributed by atoms with Crippen LogP contribution in [-0.4, -0.2) is 26.9 Å². The van der Waals surface area contributed by atoms with E-state index < -0.39 is 0 Å². The molecule has 0 bridgehead atoms. The highest BCUT2D eigenvalue weighted by atomic mass is 35.5. The number of benzene rings is 2. The number of ether oxygens (including phenoxy) is 1. The topological polar surface area (TPSA) is 52.8 Å². The summed E-state index contributed by atoms with van der Waals surface area (Å²) in [5.41, 5.74) is 2.82. The van der Waals surface area contributed by atoms with Crippen LogP contribution in [0.1, 0.15) is 10.7 Å². The number of hydrogen-bond donors (Lipinski definition) is 0. The molecule has 28 heavy (non-hydrogen) atoms. The van der Waals surface area contributed by atoms with Gasteiger partial charge in [0, 0.05) is 22.4 Å². The van der Waals surface area contributed by atoms with Gasteiger partial charge in [-0.25, -0.2) is 4.98 Å². The zero-order chi connectivity index (χ0) is 19.5. The van der Waals surface area contributed by atoms with Crippen LogP contribution in [0.5, 0.6) is 5.75 Å². The van der Waals surface area contributed by atoms with E-state index in [-0.39, 0.29) is 0 Å². The Hall–Kier alpha value is -2.35. The lowest BCUT2D eigenvalue weighted by molar-refractivity contribution is 0.414. The van der Waals surface area contributed by atoms with Gasteiger partial charge in [-0.1, -0.05) is 35.5 Å². The van der Waals surface area contributed by atoms with Crippen molar-refractivity contribution in [1.82, 2.24) is 19.7 Å². The summed E-state index contributed by atoms with van der Waals surface area (Å²) in [5, 5.41) is 13.4. The van der Waals surface area contributed by atoms with Crippen molar-refractivity contribution in [2.75, 3.05) is 7.11 Å². The molecule has 0 saturated heterocycles. The van der Waals surface area contributed by atoms with Crippen LogP contribution in [0.25, 0.3) is 17.1 Å². The minimum absolute atomic E-state index is 0.635. The molecule has 0 radical (unpaired) electrons. The SMILES string of the molecule is COc1ccc(-n2c(SCc3csc(C)n3)nnc2-c2ccccc2Cl)cc1. The largest absolute Gasteiger partial charge is 0.497 e. The Bertz CT molecular complexity index is 1090. The monoisotopic (exact) mass is 428 g/mol. The molecule has 8 heteroatoms. The molecule has 0 spiro atoms. The molecule has 0 aliphatic heterocycles. The lowest BCUT2D eigenvalue weighted by Gasteiger charge is -2.11. The summed E-state index contributed by atoms with van der Waals surface area (Å²) >= 11 is 9.68. The van der Waals surface area contributed by atoms with Crippen molar-refractivity contribution in [3.8, 4) is 22.8 Å². The van der Waals surface area contributed by atoms with Gasteiger partial charge in [-0.15, -0.1) is 21.5 Å². The summed E-state index contributed by atoms with van der Waals surface area (Å²) in [6.07, 6.45) is 0. The van der Waals surface area contributed by atoms with Crippen LogP contribution in [0.4, 0.5) is 0 Å². The second kappa shape index (κ2) is 8.34. The molecular formula is C20H17ClN4OS2. The summed E-state index contributed by atoms with van der Waals surface area (Å²) in [4.78, 5) is 4.53. The van der Waals surface area contributed by atoms with Crippen LogP contribution >= 0.6 is 34.7 Å². The predicted octanol–water partition coefficient (Wildman–Crippen LogP) is 5.65. The summed E-state index contributed by atoms with van der Waals surface area (Å²) in [7, 11) is 1.65. The average Bonchev–Trinajstić information content (AvgIpc) is 3.33. The van der Waals surface area contributed by atoms with Gasteiger partial charge < -0.3 is 4.74 Å². The lowest BCUT2D eigenvalue weighted by atomic mass is 10.2. The molecule has 0 saturated carbocycles. The molecular weight excluding hydrogens is 412 g/mol. The summed E-state index contributed by atoms with van der Waals surface area (Å²) < 4.78 is 7.30. The van der Waals surface area contributed by atoms with E-state index in [0.717, 1.165) is 38.6 Å². The first-order valence-corrected chi connectivity index (χ1v) is 10.8. The second-order valence-electron chi connectivity index (χ2n) is 5.97. The van der Waals surface area contributed by atoms with Crippen molar-refractivity contribution in [2.24, 2.45) is 0 Å². The van der Waals surface area contributed by atoms with E-state index in [2.05, 4.69) is 20.6 Å². The molecule has 2 heterocycles. The molecule has 0 aliphatic carbocycles. The quantitative estimate of drug-likeness (QED) is 0.371. The first kappa shape index (κ1) is 19.0. The fourth-order valence-electron chi connectivity index (χ4n) is 2.76. The molecule has 2 aromatic heterocycles. The molecule has 5 nitrogen and oxygen atoms in total. The Labute approximate surface area is 176 Å². The molecule has 0 amide bonds. The van der Waals surface area contributed by atoms with Crippen LogP contribution in [0, 0.1) is 6.92 Å². The van der Waals surface area contributed by atoms with Gasteiger partial charge in [-0.05, 0) is 43.3 Å². The number of rotatable bonds is 6. The van der Waals surface area contributed by atoms with Crippen LogP contribution < -0.4 is 4.74 Å². The van der Waals surface area contributed by atoms with E-state index in [1.54, 1.807) is 30.2 Å². The van der Waals surface area contributed by atoms with Crippen molar-refractivity contribution in [1.29, 1.82) is 0 Å². The van der Waals surface area contributed by atoms with Gasteiger partial charge in [0.25, 0.3) is 0 Å². The first-order chi connectivity index (χ1) is 13.7. The van der Waals surface area contributed by atoms with Crippen LogP contribution in [0.15, 0.2) is 59.1 Å². The van der Waals surface area contributed by atoms with Gasteiger partial charge in [0.2, 0.25) is 0 Å². The van der Waals surface area contributed by atoms with E-state index in [9.17, 15) is 0 Å². The van der Waals surface area contributed by atoms with E-state index in [0.29, 0.717) is 10.8 Å². The number of thiazole rings is 1. The minimum Gasteiger partial charge on any atom is -0.497 e. The maximum absolute atomic E-state index is 6.43. The third kappa shape index (κ3) is 3.92. The number of methoxy groups -OCH3 is 1. The first-order valence-electron chi connectivity index (χ1n) is 8.54. The Kier molecular flexibility index (Phi) is 5.66. The zero-order valence-corrected chi connectivity index (χ0v) is 17.7. The van der Waals surface area contributed by atoms with Gasteiger partial charge >= 0.3 is 0 Å². The van der Waals surface area contributed by atoms with Crippen molar-refractivity contribution in [2.45, 2.75) is 17.8 Å². The molecule has 0 unspecified atom stereocenters. The highest BCUT2D eigenvalue weighted by molar-refractivity contribution is 7.98. The van der Waals surface area contributed by atoms with E-state index in [1.165, 1.54) is 0 Å². The second-order valence-corrected chi connectivity index (χ2v) is 8.38. The van der Waals surface area contributed by atoms with E-state index >= 15 is 0 Å². The number of aryl methyl sites for hydroxylation is 1. The van der Waals surface area contributed by atoms with E-state index in [1.807, 2.05) is 60.0 Å². The van der Waals surface area contributed by atoms with Gasteiger partial charge in [0.05, 0.1) is 22.8 Å². The highest BCUT2D eigenvalue weighted by Gasteiger charge is 2.18. The Balaban J connectivity index is 1.76. The third-order valence-corrected chi connectivity index (χ3v) is 6.21. The molecule has 4 rings (SSSR count). The number of nitrogens with zero attached hydrogens (tertiary/aromatic N) is 4. The van der Waals surface area contributed by atoms with Gasteiger partial charge in [0.15, 0.2) is 11.0 Å². The average molecular weight is 429 g/mol. The van der Waals surface area contributed by atoms with Crippen LogP contribution in [0.3, 0.4) is 0 Å². The minimum atomic E-state index is 0.635. The van der Waals surface area contributed by atoms with Crippen molar-refractivity contribution >= 4 is 34.7 Å². The highest BCUT2D eigenvalue weighted by Crippen LogP contribution is 2.33.